The van der Waals surface area contributed by atoms with Crippen molar-refractivity contribution in [2.24, 2.45) is 11.8 Å². The number of hydrogen-bond acceptors (Lipinski definition) is 7. The quantitative estimate of drug-likeness (QED) is 0.651. The molecule has 2 saturated heterocycles. The molecule has 5 unspecified atom stereocenters. The van der Waals surface area contributed by atoms with E-state index >= 15 is 0 Å². The smallest absolute Gasteiger partial charge is 0.231 e. The highest BCUT2D eigenvalue weighted by Gasteiger charge is 2.49. The first-order valence-corrected chi connectivity index (χ1v) is 11.5. The van der Waals surface area contributed by atoms with Crippen LogP contribution in [0.2, 0.25) is 0 Å². The van der Waals surface area contributed by atoms with Crippen molar-refractivity contribution < 1.29 is 14.0 Å². The molecule has 1 aromatic carbocycles. The number of hydrogen-bond donors (Lipinski definition) is 3. The van der Waals surface area contributed by atoms with Crippen molar-refractivity contribution in [2.75, 3.05) is 11.9 Å². The fourth-order valence-corrected chi connectivity index (χ4v) is 5.64. The summed E-state index contributed by atoms with van der Waals surface area (Å²) in [5.74, 6) is -1.14. The lowest BCUT2D eigenvalue weighted by Gasteiger charge is -2.34. The average Bonchev–Trinajstić information content (AvgIpc) is 3.48. The molecule has 10 heteroatoms. The molecule has 3 aliphatic rings. The van der Waals surface area contributed by atoms with E-state index in [-0.39, 0.29) is 36.7 Å². The summed E-state index contributed by atoms with van der Waals surface area (Å²) < 4.78 is 14.6. The predicted molar refractivity (Wildman–Crippen MR) is 114 cm³/mol. The minimum absolute atomic E-state index is 0.0267. The van der Waals surface area contributed by atoms with Gasteiger partial charge in [-0.1, -0.05) is 41.7 Å². The van der Waals surface area contributed by atoms with E-state index in [2.05, 4.69) is 26.4 Å². The number of hydrazine groups is 1. The monoisotopic (exact) mass is 444 g/mol. The third-order valence-corrected chi connectivity index (χ3v) is 7.26. The van der Waals surface area contributed by atoms with Crippen molar-refractivity contribution >= 4 is 28.3 Å². The van der Waals surface area contributed by atoms with Gasteiger partial charge in [-0.25, -0.2) is 9.82 Å². The zero-order valence-corrected chi connectivity index (χ0v) is 17.8. The van der Waals surface area contributed by atoms with Crippen molar-refractivity contribution in [1.29, 1.82) is 0 Å². The maximum absolute atomic E-state index is 14.6. The average molecular weight is 445 g/mol. The zero-order valence-electron chi connectivity index (χ0n) is 17.0. The lowest BCUT2D eigenvalue weighted by molar-refractivity contribution is -0.131. The summed E-state index contributed by atoms with van der Waals surface area (Å²) in [4.78, 5) is 27.0. The summed E-state index contributed by atoms with van der Waals surface area (Å²) in [7, 11) is 0. The van der Waals surface area contributed by atoms with Gasteiger partial charge in [0.1, 0.15) is 17.3 Å². The number of rotatable bonds is 5. The van der Waals surface area contributed by atoms with Crippen LogP contribution >= 0.6 is 11.3 Å². The van der Waals surface area contributed by atoms with Crippen molar-refractivity contribution in [3.05, 3.63) is 40.9 Å². The Labute approximate surface area is 183 Å². The SMILES string of the molecule is O=C(Nc1nnc(Cc2ccccc2)s1)C1CC(=O)N(C2NNC3CCCC(F)C32)C1. The number of anilines is 1. The van der Waals surface area contributed by atoms with Crippen LogP contribution < -0.4 is 16.2 Å². The molecular weight excluding hydrogens is 419 g/mol. The van der Waals surface area contributed by atoms with Crippen molar-refractivity contribution in [1.82, 2.24) is 25.9 Å². The Morgan fingerprint density at radius 2 is 2.06 bits per heavy atom. The highest BCUT2D eigenvalue weighted by atomic mass is 32.1. The molecule has 0 spiro atoms. The molecule has 2 amide bonds. The van der Waals surface area contributed by atoms with E-state index in [1.807, 2.05) is 30.3 Å². The van der Waals surface area contributed by atoms with Crippen LogP contribution in [0.3, 0.4) is 0 Å². The second-order valence-electron chi connectivity index (χ2n) is 8.46. The summed E-state index contributed by atoms with van der Waals surface area (Å²) >= 11 is 1.33. The fourth-order valence-electron chi connectivity index (χ4n) is 4.86. The van der Waals surface area contributed by atoms with Crippen molar-refractivity contribution in [3.63, 3.8) is 0 Å². The van der Waals surface area contributed by atoms with E-state index < -0.39 is 18.3 Å². The summed E-state index contributed by atoms with van der Waals surface area (Å²) in [6.45, 7) is 0.273. The van der Waals surface area contributed by atoms with Crippen LogP contribution in [0.4, 0.5) is 9.52 Å². The molecule has 1 aliphatic carbocycles. The molecule has 1 aromatic heterocycles. The number of aromatic nitrogens is 2. The lowest BCUT2D eigenvalue weighted by Crippen LogP contribution is -2.50. The highest BCUT2D eigenvalue weighted by Crippen LogP contribution is 2.36. The summed E-state index contributed by atoms with van der Waals surface area (Å²) in [6, 6.07) is 9.96. The number of carbonyl (C=O) groups is 2. The molecule has 2 aromatic rings. The second-order valence-corrected chi connectivity index (χ2v) is 9.53. The number of likely N-dealkylation sites (tertiary alicyclic amines) is 1. The van der Waals surface area contributed by atoms with Crippen LogP contribution in [-0.4, -0.2) is 51.8 Å². The van der Waals surface area contributed by atoms with E-state index in [9.17, 15) is 14.0 Å². The largest absolute Gasteiger partial charge is 0.325 e. The molecule has 0 radical (unpaired) electrons. The van der Waals surface area contributed by atoms with Crippen LogP contribution in [0, 0.1) is 11.8 Å². The Hall–Kier alpha value is -2.43. The molecule has 8 nitrogen and oxygen atoms in total. The second kappa shape index (κ2) is 8.60. The number of alkyl halides is 1. The van der Waals surface area contributed by atoms with Gasteiger partial charge in [-0.2, -0.15) is 0 Å². The molecule has 3 heterocycles. The van der Waals surface area contributed by atoms with Gasteiger partial charge in [0.2, 0.25) is 16.9 Å². The first-order chi connectivity index (χ1) is 15.1. The lowest BCUT2D eigenvalue weighted by atomic mass is 9.82. The highest BCUT2D eigenvalue weighted by molar-refractivity contribution is 7.15. The minimum Gasteiger partial charge on any atom is -0.325 e. The van der Waals surface area contributed by atoms with Gasteiger partial charge < -0.3 is 10.2 Å². The number of benzene rings is 1. The molecule has 1 saturated carbocycles. The number of nitrogens with zero attached hydrogens (tertiary/aromatic N) is 3. The molecule has 2 aliphatic heterocycles. The normalized spacial score (nSPS) is 30.4. The molecule has 0 bridgehead atoms. The molecule has 5 atom stereocenters. The predicted octanol–water partition coefficient (Wildman–Crippen LogP) is 1.86. The number of halogens is 1. The Bertz CT molecular complexity index is 956. The van der Waals surface area contributed by atoms with E-state index in [1.54, 1.807) is 4.90 Å². The molecule has 31 heavy (non-hydrogen) atoms. The van der Waals surface area contributed by atoms with Gasteiger partial charge in [0.05, 0.1) is 5.92 Å². The molecular formula is C21H25FN6O2S. The van der Waals surface area contributed by atoms with Gasteiger partial charge in [0, 0.05) is 31.3 Å². The van der Waals surface area contributed by atoms with Crippen LogP contribution in [0.25, 0.3) is 0 Å². The standard InChI is InChI=1S/C21H25FN6O2S/c22-14-7-4-8-15-18(14)19(26-24-15)28-11-13(10-17(28)29)20(30)23-21-27-25-16(31-21)9-12-5-2-1-3-6-12/h1-3,5-6,13-15,18-19,24,26H,4,7-11H2,(H,23,27,30). The summed E-state index contributed by atoms with van der Waals surface area (Å²) in [5, 5.41) is 12.3. The van der Waals surface area contributed by atoms with Gasteiger partial charge in [-0.15, -0.1) is 10.2 Å². The first-order valence-electron chi connectivity index (χ1n) is 10.7. The molecule has 164 valence electrons. The third-order valence-electron chi connectivity index (χ3n) is 6.42. The molecule has 3 N–H and O–H groups in total. The van der Waals surface area contributed by atoms with Crippen LogP contribution in [0.1, 0.15) is 36.3 Å². The van der Waals surface area contributed by atoms with E-state index in [0.29, 0.717) is 18.0 Å². The van der Waals surface area contributed by atoms with Crippen LogP contribution in [0.15, 0.2) is 30.3 Å². The number of fused-ring (bicyclic) bond motifs is 1. The van der Waals surface area contributed by atoms with Crippen molar-refractivity contribution in [2.45, 2.75) is 50.5 Å². The Morgan fingerprint density at radius 3 is 2.90 bits per heavy atom. The van der Waals surface area contributed by atoms with Gasteiger partial charge in [0.15, 0.2) is 0 Å². The van der Waals surface area contributed by atoms with Crippen LogP contribution in [-0.2, 0) is 16.0 Å². The van der Waals surface area contributed by atoms with Crippen LogP contribution in [0.5, 0.6) is 0 Å². The maximum atomic E-state index is 14.6. The zero-order chi connectivity index (χ0) is 21.4. The Balaban J connectivity index is 1.20. The molecule has 3 fully saturated rings. The topological polar surface area (TPSA) is 99.2 Å². The summed E-state index contributed by atoms with van der Waals surface area (Å²) in [5.41, 5.74) is 7.37. The molecule has 5 rings (SSSR count). The Morgan fingerprint density at radius 1 is 1.23 bits per heavy atom. The maximum Gasteiger partial charge on any atom is 0.231 e. The first kappa shape index (κ1) is 20.5. The van der Waals surface area contributed by atoms with E-state index in [0.717, 1.165) is 23.4 Å². The van der Waals surface area contributed by atoms with Gasteiger partial charge in [-0.05, 0) is 24.8 Å². The third kappa shape index (κ3) is 4.19. The van der Waals surface area contributed by atoms with Gasteiger partial charge >= 0.3 is 0 Å². The number of nitrogens with one attached hydrogen (secondary N) is 3. The Kier molecular flexibility index (Phi) is 5.68. The van der Waals surface area contributed by atoms with Gasteiger partial charge in [-0.3, -0.25) is 15.0 Å². The number of amides is 2. The van der Waals surface area contributed by atoms with E-state index in [1.165, 1.54) is 11.3 Å². The number of carbonyl (C=O) groups excluding carboxylic acids is 2. The van der Waals surface area contributed by atoms with Gasteiger partial charge in [0.25, 0.3) is 0 Å². The minimum atomic E-state index is -0.948. The fraction of sp³-hybridized carbons (Fsp3) is 0.524. The van der Waals surface area contributed by atoms with Crippen molar-refractivity contribution in [3.8, 4) is 0 Å². The summed E-state index contributed by atoms with van der Waals surface area (Å²) in [6.07, 6.45) is 1.67. The van der Waals surface area contributed by atoms with E-state index in [4.69, 9.17) is 0 Å².